The van der Waals surface area contributed by atoms with Crippen molar-refractivity contribution < 1.29 is 4.79 Å². The maximum absolute atomic E-state index is 11.5. The van der Waals surface area contributed by atoms with Gasteiger partial charge >= 0.3 is 0 Å². The van der Waals surface area contributed by atoms with E-state index in [2.05, 4.69) is 12.6 Å². The van der Waals surface area contributed by atoms with Crippen molar-refractivity contribution in [2.24, 2.45) is 5.73 Å². The molecule has 1 unspecified atom stereocenters. The summed E-state index contributed by atoms with van der Waals surface area (Å²) < 4.78 is 1.64. The van der Waals surface area contributed by atoms with Crippen LogP contribution in [0.5, 0.6) is 0 Å². The van der Waals surface area contributed by atoms with Crippen LogP contribution in [-0.2, 0) is 0 Å². The average Bonchev–Trinajstić information content (AvgIpc) is 2.67. The Labute approximate surface area is 99.6 Å². The first-order valence-corrected chi connectivity index (χ1v) is 5.66. The third-order valence-electron chi connectivity index (χ3n) is 2.66. The van der Waals surface area contributed by atoms with E-state index in [0.29, 0.717) is 6.54 Å². The molecule has 0 aliphatic rings. The number of rotatable bonds is 2. The molecule has 0 bridgehead atoms. The number of carbonyl (C=O) groups is 1. The van der Waals surface area contributed by atoms with Crippen molar-refractivity contribution in [3.05, 3.63) is 36.0 Å². The minimum atomic E-state index is -0.0366. The highest BCUT2D eigenvalue weighted by atomic mass is 32.1. The topological polar surface area (TPSA) is 48.0 Å². The summed E-state index contributed by atoms with van der Waals surface area (Å²) in [5.41, 5.74) is 7.54. The molecule has 2 N–H and O–H groups in total. The van der Waals surface area contributed by atoms with Crippen LogP contribution in [-0.4, -0.2) is 17.0 Å². The van der Waals surface area contributed by atoms with Gasteiger partial charge in [-0.1, -0.05) is 18.2 Å². The number of hydrogen-bond donors (Lipinski definition) is 2. The quantitative estimate of drug-likeness (QED) is 0.783. The molecule has 1 atom stereocenters. The fraction of sp³-hybridized carbons (Fsp3) is 0.250. The minimum absolute atomic E-state index is 0.00000441. The van der Waals surface area contributed by atoms with Crippen LogP contribution in [0, 0.1) is 0 Å². The van der Waals surface area contributed by atoms with E-state index in [4.69, 9.17) is 5.73 Å². The van der Waals surface area contributed by atoms with Gasteiger partial charge in [-0.05, 0) is 11.6 Å². The van der Waals surface area contributed by atoms with E-state index in [0.717, 1.165) is 16.5 Å². The van der Waals surface area contributed by atoms with Gasteiger partial charge in [0.15, 0.2) is 0 Å². The number of hydrogen-bond acceptors (Lipinski definition) is 3. The molecule has 0 fully saturated rings. The lowest BCUT2D eigenvalue weighted by Crippen LogP contribution is -2.07. The predicted octanol–water partition coefficient (Wildman–Crippen LogP) is 2.23. The Hall–Kier alpha value is -1.26. The molecule has 1 aromatic carbocycles. The Bertz CT molecular complexity index is 533. The van der Waals surface area contributed by atoms with E-state index in [-0.39, 0.29) is 11.2 Å². The summed E-state index contributed by atoms with van der Waals surface area (Å²) in [6.07, 6.45) is 1.83. The summed E-state index contributed by atoms with van der Waals surface area (Å²) >= 11 is 4.43. The number of nitrogens with zero attached hydrogens (tertiary/aromatic N) is 1. The van der Waals surface area contributed by atoms with Crippen molar-refractivity contribution in [3.8, 4) is 0 Å². The molecule has 3 nitrogen and oxygen atoms in total. The Morgan fingerprint density at radius 3 is 2.81 bits per heavy atom. The number of benzene rings is 1. The zero-order valence-corrected chi connectivity index (χ0v) is 9.95. The zero-order valence-electron chi connectivity index (χ0n) is 9.05. The zero-order chi connectivity index (χ0) is 11.7. The second kappa shape index (κ2) is 4.31. The Balaban J connectivity index is 2.71. The third-order valence-corrected chi connectivity index (χ3v) is 3.15. The van der Waals surface area contributed by atoms with Crippen LogP contribution in [0.15, 0.2) is 30.5 Å². The average molecular weight is 234 g/mol. The van der Waals surface area contributed by atoms with Crippen LogP contribution in [0.4, 0.5) is 0 Å². The fourth-order valence-corrected chi connectivity index (χ4v) is 2.06. The minimum Gasteiger partial charge on any atom is -0.329 e. The summed E-state index contributed by atoms with van der Waals surface area (Å²) in [5, 5.41) is 1.01. The first-order valence-electron chi connectivity index (χ1n) is 5.14. The van der Waals surface area contributed by atoms with Gasteiger partial charge in [-0.2, -0.15) is 12.6 Å². The molecule has 0 aliphatic carbocycles. The molecule has 4 heteroatoms. The highest BCUT2D eigenvalue weighted by Crippen LogP contribution is 2.29. The Kier molecular flexibility index (Phi) is 3.03. The molecule has 0 spiro atoms. The Morgan fingerprint density at radius 2 is 2.19 bits per heavy atom. The molecule has 0 aliphatic heterocycles. The summed E-state index contributed by atoms with van der Waals surface area (Å²) in [4.78, 5) is 11.5. The van der Waals surface area contributed by atoms with E-state index < -0.39 is 0 Å². The Morgan fingerprint density at radius 1 is 1.50 bits per heavy atom. The van der Waals surface area contributed by atoms with Gasteiger partial charge in [-0.3, -0.25) is 9.36 Å². The van der Waals surface area contributed by atoms with Crippen LogP contribution in [0.1, 0.15) is 22.5 Å². The van der Waals surface area contributed by atoms with Crippen LogP contribution < -0.4 is 5.73 Å². The van der Waals surface area contributed by atoms with Crippen LogP contribution >= 0.6 is 12.6 Å². The van der Waals surface area contributed by atoms with Gasteiger partial charge in [0.2, 0.25) is 5.91 Å². The predicted molar refractivity (Wildman–Crippen MR) is 69.0 cm³/mol. The first kappa shape index (κ1) is 11.2. The molecule has 84 valence electrons. The van der Waals surface area contributed by atoms with E-state index in [1.165, 1.54) is 0 Å². The standard InChI is InChI=1S/C12H14N2OS/c1-8(15)14-7-10(12(16)6-13)9-4-2-3-5-11(9)14/h2-5,7,12,16H,6,13H2,1H3. The first-order chi connectivity index (χ1) is 7.65. The number of fused-ring (bicyclic) bond motifs is 1. The van der Waals surface area contributed by atoms with Gasteiger partial charge < -0.3 is 5.73 Å². The van der Waals surface area contributed by atoms with Crippen molar-refractivity contribution in [2.45, 2.75) is 12.2 Å². The second-order valence-corrected chi connectivity index (χ2v) is 4.37. The lowest BCUT2D eigenvalue weighted by Gasteiger charge is -2.04. The number of thiol groups is 1. The molecule has 2 rings (SSSR count). The lowest BCUT2D eigenvalue weighted by molar-refractivity contribution is 0.0941. The molecule has 0 saturated heterocycles. The molecular formula is C12H14N2OS. The van der Waals surface area contributed by atoms with Gasteiger partial charge in [0.05, 0.1) is 5.52 Å². The second-order valence-electron chi connectivity index (χ2n) is 3.74. The maximum atomic E-state index is 11.5. The van der Waals surface area contributed by atoms with Crippen LogP contribution in [0.2, 0.25) is 0 Å². The maximum Gasteiger partial charge on any atom is 0.227 e. The van der Waals surface area contributed by atoms with E-state index in [1.807, 2.05) is 30.5 Å². The molecular weight excluding hydrogens is 220 g/mol. The number of aromatic nitrogens is 1. The number of carbonyl (C=O) groups excluding carboxylic acids is 1. The molecule has 16 heavy (non-hydrogen) atoms. The summed E-state index contributed by atoms with van der Waals surface area (Å²) in [6.45, 7) is 2.00. The number of para-hydroxylation sites is 1. The van der Waals surface area contributed by atoms with Crippen molar-refractivity contribution >= 4 is 29.4 Å². The summed E-state index contributed by atoms with van der Waals surface area (Å²) in [7, 11) is 0. The summed E-state index contributed by atoms with van der Waals surface area (Å²) in [6, 6.07) is 7.79. The molecule has 1 aromatic heterocycles. The van der Waals surface area contributed by atoms with E-state index in [1.54, 1.807) is 11.5 Å². The van der Waals surface area contributed by atoms with E-state index >= 15 is 0 Å². The molecule has 2 aromatic rings. The van der Waals surface area contributed by atoms with Crippen LogP contribution in [0.3, 0.4) is 0 Å². The van der Waals surface area contributed by atoms with Gasteiger partial charge in [0, 0.05) is 30.3 Å². The molecule has 0 amide bonds. The smallest absolute Gasteiger partial charge is 0.227 e. The van der Waals surface area contributed by atoms with Crippen molar-refractivity contribution in [3.63, 3.8) is 0 Å². The molecule has 0 saturated carbocycles. The molecule has 1 heterocycles. The number of nitrogens with two attached hydrogens (primary N) is 1. The van der Waals surface area contributed by atoms with Crippen molar-refractivity contribution in [2.75, 3.05) is 6.54 Å². The lowest BCUT2D eigenvalue weighted by atomic mass is 10.1. The van der Waals surface area contributed by atoms with E-state index in [9.17, 15) is 4.79 Å². The molecule has 0 radical (unpaired) electrons. The van der Waals surface area contributed by atoms with Gasteiger partial charge in [0.1, 0.15) is 0 Å². The van der Waals surface area contributed by atoms with Gasteiger partial charge in [-0.15, -0.1) is 0 Å². The van der Waals surface area contributed by atoms with Crippen molar-refractivity contribution in [1.29, 1.82) is 0 Å². The highest BCUT2D eigenvalue weighted by Gasteiger charge is 2.14. The van der Waals surface area contributed by atoms with Gasteiger partial charge in [-0.25, -0.2) is 0 Å². The largest absolute Gasteiger partial charge is 0.329 e. The normalized spacial score (nSPS) is 12.9. The van der Waals surface area contributed by atoms with Crippen molar-refractivity contribution in [1.82, 2.24) is 4.57 Å². The fourth-order valence-electron chi connectivity index (χ4n) is 1.86. The third kappa shape index (κ3) is 1.74. The monoisotopic (exact) mass is 234 g/mol. The van der Waals surface area contributed by atoms with Gasteiger partial charge in [0.25, 0.3) is 0 Å². The van der Waals surface area contributed by atoms with Crippen LogP contribution in [0.25, 0.3) is 10.9 Å². The highest BCUT2D eigenvalue weighted by molar-refractivity contribution is 7.80. The SMILES string of the molecule is CC(=O)n1cc(C(S)CN)c2ccccc21. The summed E-state index contributed by atoms with van der Waals surface area (Å²) in [5.74, 6) is 0.00000441.